The molecule has 3 aromatic carbocycles. The molecule has 0 saturated heterocycles. The molecule has 0 spiro atoms. The van der Waals surface area contributed by atoms with Crippen molar-refractivity contribution < 1.29 is 17.6 Å². The number of aliphatic imine (C=N–C) groups is 1. The van der Waals surface area contributed by atoms with Gasteiger partial charge in [0.05, 0.1) is 17.0 Å². The Kier molecular flexibility index (Phi) is 6.54. The molecule has 29 heavy (non-hydrogen) atoms. The first-order chi connectivity index (χ1) is 13.8. The number of aryl methyl sites for hydroxylation is 1. The number of hydrogen-bond acceptors (Lipinski definition) is 2. The van der Waals surface area contributed by atoms with E-state index in [4.69, 9.17) is 0 Å². The average Bonchev–Trinajstić information content (AvgIpc) is 2.70. The van der Waals surface area contributed by atoms with Crippen molar-refractivity contribution in [2.45, 2.75) is 18.0 Å². The molecule has 0 aliphatic carbocycles. The molecule has 0 atom stereocenters. The summed E-state index contributed by atoms with van der Waals surface area (Å²) in [7, 11) is 0. The SMILES string of the molecule is Cc1ccc(N=C(C=CSc2ccc(F)cc2)c2ccc(C(F)(F)F)cc2)cc1. The molecule has 3 rings (SSSR count). The van der Waals surface area contributed by atoms with Crippen molar-refractivity contribution in [3.8, 4) is 0 Å². The van der Waals surface area contributed by atoms with Gasteiger partial charge in [-0.25, -0.2) is 9.38 Å². The first-order valence-corrected chi connectivity index (χ1v) is 9.61. The van der Waals surface area contributed by atoms with Gasteiger partial charge in [-0.1, -0.05) is 41.6 Å². The van der Waals surface area contributed by atoms with Crippen LogP contribution < -0.4 is 0 Å². The van der Waals surface area contributed by atoms with Crippen molar-refractivity contribution in [3.05, 3.63) is 107 Å². The topological polar surface area (TPSA) is 12.4 Å². The zero-order chi connectivity index (χ0) is 20.9. The summed E-state index contributed by atoms with van der Waals surface area (Å²) in [5.74, 6) is -0.315. The smallest absolute Gasteiger partial charge is 0.248 e. The fourth-order valence-electron chi connectivity index (χ4n) is 2.48. The molecule has 0 heterocycles. The van der Waals surface area contributed by atoms with Crippen molar-refractivity contribution >= 4 is 23.2 Å². The lowest BCUT2D eigenvalue weighted by Crippen LogP contribution is -2.05. The lowest BCUT2D eigenvalue weighted by Gasteiger charge is -2.08. The van der Waals surface area contributed by atoms with Crippen molar-refractivity contribution in [3.63, 3.8) is 0 Å². The first-order valence-electron chi connectivity index (χ1n) is 8.73. The lowest BCUT2D eigenvalue weighted by molar-refractivity contribution is -0.137. The van der Waals surface area contributed by atoms with Crippen LogP contribution in [0, 0.1) is 12.7 Å². The number of nitrogens with zero attached hydrogens (tertiary/aromatic N) is 1. The maximum absolute atomic E-state index is 13.0. The minimum absolute atomic E-state index is 0.315. The number of allylic oxidation sites excluding steroid dienone is 1. The van der Waals surface area contributed by atoms with Gasteiger partial charge in [-0.05, 0) is 66.9 Å². The number of alkyl halides is 3. The summed E-state index contributed by atoms with van der Waals surface area (Å²) < 4.78 is 51.6. The van der Waals surface area contributed by atoms with Gasteiger partial charge >= 0.3 is 6.18 Å². The van der Waals surface area contributed by atoms with Gasteiger partial charge in [-0.15, -0.1) is 0 Å². The number of benzene rings is 3. The molecule has 0 fully saturated rings. The molecule has 1 nitrogen and oxygen atoms in total. The third kappa shape index (κ3) is 6.06. The van der Waals surface area contributed by atoms with E-state index in [2.05, 4.69) is 4.99 Å². The zero-order valence-electron chi connectivity index (χ0n) is 15.5. The van der Waals surface area contributed by atoms with Crippen LogP contribution in [0.3, 0.4) is 0 Å². The monoisotopic (exact) mass is 415 g/mol. The molecular formula is C23H17F4NS. The van der Waals surface area contributed by atoms with E-state index in [1.165, 1.54) is 36.0 Å². The van der Waals surface area contributed by atoms with E-state index in [1.54, 1.807) is 23.6 Å². The van der Waals surface area contributed by atoms with Crippen LogP contribution in [0.15, 0.2) is 94.2 Å². The van der Waals surface area contributed by atoms with Crippen LogP contribution in [0.4, 0.5) is 23.2 Å². The largest absolute Gasteiger partial charge is 0.416 e. The highest BCUT2D eigenvalue weighted by Crippen LogP contribution is 2.29. The number of halogens is 4. The van der Waals surface area contributed by atoms with Crippen LogP contribution in [0.2, 0.25) is 0 Å². The fraction of sp³-hybridized carbons (Fsp3) is 0.0870. The van der Waals surface area contributed by atoms with E-state index in [1.807, 2.05) is 31.2 Å². The van der Waals surface area contributed by atoms with E-state index in [0.717, 1.165) is 22.6 Å². The van der Waals surface area contributed by atoms with E-state index in [9.17, 15) is 17.6 Å². The molecule has 0 aliphatic heterocycles. The maximum Gasteiger partial charge on any atom is 0.416 e. The predicted molar refractivity (Wildman–Crippen MR) is 110 cm³/mol. The molecule has 0 aliphatic rings. The predicted octanol–water partition coefficient (Wildman–Crippen LogP) is 7.58. The average molecular weight is 415 g/mol. The molecule has 0 radical (unpaired) electrons. The van der Waals surface area contributed by atoms with Crippen LogP contribution in [0.1, 0.15) is 16.7 Å². The Labute approximate surface area is 170 Å². The molecule has 148 valence electrons. The molecule has 0 saturated carbocycles. The molecule has 0 N–H and O–H groups in total. The molecular weight excluding hydrogens is 398 g/mol. The fourth-order valence-corrected chi connectivity index (χ4v) is 3.12. The number of thioether (sulfide) groups is 1. The Hall–Kier alpha value is -2.86. The van der Waals surface area contributed by atoms with E-state index < -0.39 is 11.7 Å². The van der Waals surface area contributed by atoms with Crippen molar-refractivity contribution in [1.82, 2.24) is 0 Å². The van der Waals surface area contributed by atoms with Gasteiger partial charge in [0, 0.05) is 10.5 Å². The number of hydrogen-bond donors (Lipinski definition) is 0. The van der Waals surface area contributed by atoms with Crippen LogP contribution in [-0.4, -0.2) is 5.71 Å². The summed E-state index contributed by atoms with van der Waals surface area (Å²) >= 11 is 1.36. The second-order valence-corrected chi connectivity index (χ2v) is 7.26. The normalized spacial score (nSPS) is 12.5. The van der Waals surface area contributed by atoms with Gasteiger partial charge in [-0.3, -0.25) is 0 Å². The van der Waals surface area contributed by atoms with Gasteiger partial charge < -0.3 is 0 Å². The summed E-state index contributed by atoms with van der Waals surface area (Å²) in [6.07, 6.45) is -2.66. The second-order valence-electron chi connectivity index (χ2n) is 6.28. The Morgan fingerprint density at radius 1 is 0.862 bits per heavy atom. The molecule has 0 bridgehead atoms. The van der Waals surface area contributed by atoms with E-state index >= 15 is 0 Å². The van der Waals surface area contributed by atoms with Crippen molar-refractivity contribution in [2.75, 3.05) is 0 Å². The Morgan fingerprint density at radius 3 is 2.07 bits per heavy atom. The second kappa shape index (κ2) is 9.09. The summed E-state index contributed by atoms with van der Waals surface area (Å²) in [5, 5.41) is 1.78. The molecule has 0 aromatic heterocycles. The highest BCUT2D eigenvalue weighted by molar-refractivity contribution is 8.02. The van der Waals surface area contributed by atoms with Gasteiger partial charge in [0.1, 0.15) is 5.82 Å². The molecule has 3 aromatic rings. The van der Waals surface area contributed by atoms with Crippen LogP contribution >= 0.6 is 11.8 Å². The summed E-state index contributed by atoms with van der Waals surface area (Å²) in [6, 6.07) is 18.5. The van der Waals surface area contributed by atoms with Gasteiger partial charge in [0.15, 0.2) is 0 Å². The lowest BCUT2D eigenvalue weighted by atomic mass is 10.1. The quantitative estimate of drug-likeness (QED) is 0.238. The minimum Gasteiger partial charge on any atom is -0.248 e. The minimum atomic E-state index is -4.39. The summed E-state index contributed by atoms with van der Waals surface area (Å²) in [5.41, 5.74) is 2.16. The van der Waals surface area contributed by atoms with Gasteiger partial charge in [0.25, 0.3) is 0 Å². The van der Waals surface area contributed by atoms with Crippen LogP contribution in [-0.2, 0) is 6.18 Å². The third-order valence-electron chi connectivity index (χ3n) is 4.04. The molecule has 0 amide bonds. The number of rotatable bonds is 5. The van der Waals surface area contributed by atoms with E-state index in [-0.39, 0.29) is 5.82 Å². The molecule has 6 heteroatoms. The highest BCUT2D eigenvalue weighted by atomic mass is 32.2. The highest BCUT2D eigenvalue weighted by Gasteiger charge is 2.30. The zero-order valence-corrected chi connectivity index (χ0v) is 16.3. The Balaban J connectivity index is 1.89. The standard InChI is InChI=1S/C23H17F4NS/c1-16-2-10-20(11-3-16)28-22(14-15-29-21-12-8-19(24)9-13-21)17-4-6-18(7-5-17)23(25,26)27/h2-15H,1H3. The summed E-state index contributed by atoms with van der Waals surface area (Å²) in [6.45, 7) is 1.96. The van der Waals surface area contributed by atoms with Crippen LogP contribution in [0.25, 0.3) is 0 Å². The van der Waals surface area contributed by atoms with E-state index in [0.29, 0.717) is 17.0 Å². The Bertz CT molecular complexity index is 1000. The summed E-state index contributed by atoms with van der Waals surface area (Å²) in [4.78, 5) is 5.42. The van der Waals surface area contributed by atoms with Crippen molar-refractivity contribution in [2.24, 2.45) is 4.99 Å². The van der Waals surface area contributed by atoms with Gasteiger partial charge in [0.2, 0.25) is 0 Å². The first kappa shape index (κ1) is 20.9. The third-order valence-corrected chi connectivity index (χ3v) is 4.85. The Morgan fingerprint density at radius 2 is 1.48 bits per heavy atom. The van der Waals surface area contributed by atoms with Gasteiger partial charge in [-0.2, -0.15) is 13.2 Å². The molecule has 0 unspecified atom stereocenters. The van der Waals surface area contributed by atoms with Crippen molar-refractivity contribution in [1.29, 1.82) is 0 Å². The maximum atomic E-state index is 13.0. The van der Waals surface area contributed by atoms with Crippen LogP contribution in [0.5, 0.6) is 0 Å².